The molecule has 4 heteroatoms. The smallest absolute Gasteiger partial charge is 0.219 e. The van der Waals surface area contributed by atoms with Crippen LogP contribution in [0, 0.1) is 5.82 Å². The van der Waals surface area contributed by atoms with Gasteiger partial charge in [0.15, 0.2) is 0 Å². The Hall–Kier alpha value is -1.84. The Morgan fingerprint density at radius 3 is 2.84 bits per heavy atom. The highest BCUT2D eigenvalue weighted by Crippen LogP contribution is 2.30. The first-order valence-corrected chi connectivity index (χ1v) is 6.48. The van der Waals surface area contributed by atoms with E-state index in [4.69, 9.17) is 0 Å². The first kappa shape index (κ1) is 13.6. The molecule has 0 saturated carbocycles. The van der Waals surface area contributed by atoms with Gasteiger partial charge in [0.25, 0.3) is 0 Å². The molecule has 2 N–H and O–H groups in total. The number of aromatic nitrogens is 1. The maximum atomic E-state index is 13.4. The number of carbonyl (C=O) groups excluding carboxylic acids is 1. The lowest BCUT2D eigenvalue weighted by molar-refractivity contribution is -0.121. The van der Waals surface area contributed by atoms with Gasteiger partial charge in [-0.15, -0.1) is 0 Å². The van der Waals surface area contributed by atoms with E-state index in [-0.39, 0.29) is 17.1 Å². The van der Waals surface area contributed by atoms with E-state index in [2.05, 4.69) is 10.3 Å². The predicted octanol–water partition coefficient (Wildman–Crippen LogP) is 3.11. The van der Waals surface area contributed by atoms with Crippen molar-refractivity contribution in [2.75, 3.05) is 6.54 Å². The number of amides is 1. The summed E-state index contributed by atoms with van der Waals surface area (Å²) in [7, 11) is 0. The Bertz CT molecular complexity index is 601. The van der Waals surface area contributed by atoms with Gasteiger partial charge < -0.3 is 10.3 Å². The highest BCUT2D eigenvalue weighted by Gasteiger charge is 2.24. The van der Waals surface area contributed by atoms with Gasteiger partial charge in [-0.3, -0.25) is 4.79 Å². The van der Waals surface area contributed by atoms with Crippen LogP contribution in [0.1, 0.15) is 32.8 Å². The number of carbonyl (C=O) groups is 1. The summed E-state index contributed by atoms with van der Waals surface area (Å²) in [5, 5.41) is 3.76. The summed E-state index contributed by atoms with van der Waals surface area (Å²) in [5.74, 6) is -0.221. The molecule has 19 heavy (non-hydrogen) atoms. The highest BCUT2D eigenvalue weighted by atomic mass is 19.1. The summed E-state index contributed by atoms with van der Waals surface area (Å²) < 4.78 is 13.4. The zero-order valence-corrected chi connectivity index (χ0v) is 11.5. The molecule has 2 aromatic rings. The zero-order chi connectivity index (χ0) is 14.0. The number of halogens is 1. The minimum absolute atomic E-state index is 0.0269. The van der Waals surface area contributed by atoms with E-state index in [9.17, 15) is 9.18 Å². The van der Waals surface area contributed by atoms with E-state index in [0.29, 0.717) is 13.0 Å². The molecule has 0 bridgehead atoms. The lowest BCUT2D eigenvalue weighted by Crippen LogP contribution is -2.36. The molecule has 0 spiro atoms. The molecular formula is C15H19FN2O. The highest BCUT2D eigenvalue weighted by molar-refractivity contribution is 5.84. The molecule has 0 saturated heterocycles. The van der Waals surface area contributed by atoms with E-state index in [0.717, 1.165) is 16.5 Å². The number of nitrogens with one attached hydrogen (secondary N) is 2. The molecule has 0 aliphatic rings. The van der Waals surface area contributed by atoms with Gasteiger partial charge in [-0.05, 0) is 23.8 Å². The van der Waals surface area contributed by atoms with Crippen molar-refractivity contribution in [1.29, 1.82) is 0 Å². The molecule has 1 amide bonds. The van der Waals surface area contributed by atoms with Gasteiger partial charge in [0.05, 0.1) is 0 Å². The number of aromatic amines is 1. The fraction of sp³-hybridized carbons (Fsp3) is 0.400. The van der Waals surface area contributed by atoms with Gasteiger partial charge in [-0.25, -0.2) is 4.39 Å². The Morgan fingerprint density at radius 2 is 2.16 bits per heavy atom. The monoisotopic (exact) mass is 262 g/mol. The molecule has 3 nitrogen and oxygen atoms in total. The van der Waals surface area contributed by atoms with Crippen molar-refractivity contribution in [1.82, 2.24) is 10.3 Å². The second-order valence-corrected chi connectivity index (χ2v) is 5.41. The minimum Gasteiger partial charge on any atom is -0.361 e. The van der Waals surface area contributed by atoms with Crippen LogP contribution >= 0.6 is 0 Å². The summed E-state index contributed by atoms with van der Waals surface area (Å²) >= 11 is 0. The van der Waals surface area contributed by atoms with E-state index in [1.165, 1.54) is 12.1 Å². The number of rotatable bonds is 4. The normalized spacial score (nSPS) is 11.8. The van der Waals surface area contributed by atoms with Gasteiger partial charge in [0.1, 0.15) is 5.82 Å². The van der Waals surface area contributed by atoms with Crippen LogP contribution in [0.4, 0.5) is 4.39 Å². The minimum atomic E-state index is -0.253. The molecule has 0 aliphatic carbocycles. The quantitative estimate of drug-likeness (QED) is 0.873. The summed E-state index contributed by atoms with van der Waals surface area (Å²) in [5.41, 5.74) is 1.67. The molecule has 0 unspecified atom stereocenters. The summed E-state index contributed by atoms with van der Waals surface area (Å²) in [6.07, 6.45) is 2.36. The first-order chi connectivity index (χ1) is 8.94. The molecule has 1 aromatic heterocycles. The summed E-state index contributed by atoms with van der Waals surface area (Å²) in [6, 6.07) is 4.70. The van der Waals surface area contributed by atoms with Gasteiger partial charge in [-0.2, -0.15) is 0 Å². The van der Waals surface area contributed by atoms with Crippen LogP contribution in [0.25, 0.3) is 10.9 Å². The molecule has 0 fully saturated rings. The van der Waals surface area contributed by atoms with Crippen LogP contribution in [-0.2, 0) is 10.2 Å². The van der Waals surface area contributed by atoms with Crippen molar-refractivity contribution >= 4 is 16.8 Å². The van der Waals surface area contributed by atoms with Crippen LogP contribution in [0.2, 0.25) is 0 Å². The van der Waals surface area contributed by atoms with Crippen LogP contribution < -0.4 is 5.32 Å². The van der Waals surface area contributed by atoms with E-state index in [1.54, 1.807) is 6.07 Å². The second-order valence-electron chi connectivity index (χ2n) is 5.41. The fourth-order valence-electron chi connectivity index (χ4n) is 2.19. The molecule has 102 valence electrons. The number of H-pyrrole nitrogens is 1. The van der Waals surface area contributed by atoms with Crippen molar-refractivity contribution in [3.05, 3.63) is 35.8 Å². The van der Waals surface area contributed by atoms with E-state index in [1.807, 2.05) is 27.0 Å². The molecule has 2 rings (SSSR count). The van der Waals surface area contributed by atoms with Gasteiger partial charge in [-0.1, -0.05) is 20.8 Å². The van der Waals surface area contributed by atoms with Gasteiger partial charge in [0, 0.05) is 35.5 Å². The maximum absolute atomic E-state index is 13.4. The number of benzene rings is 1. The molecule has 0 atom stereocenters. The first-order valence-electron chi connectivity index (χ1n) is 6.48. The largest absolute Gasteiger partial charge is 0.361 e. The summed E-state index contributed by atoms with van der Waals surface area (Å²) in [4.78, 5) is 14.5. The third-order valence-corrected chi connectivity index (χ3v) is 3.42. The van der Waals surface area contributed by atoms with Crippen LogP contribution in [-0.4, -0.2) is 17.4 Å². The van der Waals surface area contributed by atoms with Crippen molar-refractivity contribution < 1.29 is 9.18 Å². The molecule has 0 radical (unpaired) electrons. The van der Waals surface area contributed by atoms with Crippen molar-refractivity contribution in [2.24, 2.45) is 0 Å². The van der Waals surface area contributed by atoms with E-state index >= 15 is 0 Å². The Labute approximate surface area is 112 Å². The molecule has 1 aromatic carbocycles. The molecular weight excluding hydrogens is 243 g/mol. The third kappa shape index (κ3) is 2.78. The van der Waals surface area contributed by atoms with Crippen molar-refractivity contribution in [3.8, 4) is 0 Å². The number of hydrogen-bond acceptors (Lipinski definition) is 1. The maximum Gasteiger partial charge on any atom is 0.219 e. The third-order valence-electron chi connectivity index (χ3n) is 3.42. The average Bonchev–Trinajstić information content (AvgIpc) is 2.79. The lowest BCUT2D eigenvalue weighted by Gasteiger charge is -2.24. The topological polar surface area (TPSA) is 44.9 Å². The zero-order valence-electron chi connectivity index (χ0n) is 11.5. The summed E-state index contributed by atoms with van der Waals surface area (Å²) in [6.45, 7) is 6.43. The van der Waals surface area contributed by atoms with Crippen LogP contribution in [0.3, 0.4) is 0 Å². The number of hydrogen-bond donors (Lipinski definition) is 2. The van der Waals surface area contributed by atoms with Gasteiger partial charge in [0.2, 0.25) is 5.91 Å². The fourth-order valence-corrected chi connectivity index (χ4v) is 2.19. The van der Waals surface area contributed by atoms with Crippen molar-refractivity contribution in [2.45, 2.75) is 32.6 Å². The molecule has 1 heterocycles. The predicted molar refractivity (Wildman–Crippen MR) is 74.6 cm³/mol. The average molecular weight is 262 g/mol. The Kier molecular flexibility index (Phi) is 3.60. The lowest BCUT2D eigenvalue weighted by atomic mass is 9.84. The number of fused-ring (bicyclic) bond motifs is 1. The second kappa shape index (κ2) is 5.03. The van der Waals surface area contributed by atoms with Crippen LogP contribution in [0.15, 0.2) is 24.4 Å². The standard InChI is InChI=1S/C15H19FN2O/c1-4-14(19)18-9-15(2,3)12-8-17-13-6-5-10(16)7-11(12)13/h5-8,17H,4,9H2,1-3H3,(H,18,19). The Morgan fingerprint density at radius 1 is 1.42 bits per heavy atom. The van der Waals surface area contributed by atoms with E-state index < -0.39 is 0 Å². The Balaban J connectivity index is 2.31. The van der Waals surface area contributed by atoms with Crippen molar-refractivity contribution in [3.63, 3.8) is 0 Å². The molecule has 0 aliphatic heterocycles. The van der Waals surface area contributed by atoms with Crippen LogP contribution in [0.5, 0.6) is 0 Å². The van der Waals surface area contributed by atoms with Gasteiger partial charge >= 0.3 is 0 Å². The SMILES string of the molecule is CCC(=O)NCC(C)(C)c1c[nH]c2ccc(F)cc12.